The number of H-pyrrole nitrogens is 1. The number of aromatic hydroxyl groups is 1. The lowest BCUT2D eigenvalue weighted by Crippen LogP contribution is -2.42. The fraction of sp³-hybridized carbons (Fsp3) is 0.346. The lowest BCUT2D eigenvalue weighted by atomic mass is 9.68. The number of nitrogens with zero attached hydrogens (tertiary/aromatic N) is 1. The first-order valence-electron chi connectivity index (χ1n) is 11.9. The van der Waals surface area contributed by atoms with Crippen molar-refractivity contribution in [3.63, 3.8) is 0 Å². The summed E-state index contributed by atoms with van der Waals surface area (Å²) in [6.45, 7) is 0. The number of nitrogens with one attached hydrogen (secondary N) is 1. The summed E-state index contributed by atoms with van der Waals surface area (Å²) in [5.74, 6) is -2.87. The van der Waals surface area contributed by atoms with Crippen LogP contribution in [0.5, 0.6) is 5.75 Å². The van der Waals surface area contributed by atoms with Gasteiger partial charge in [0.05, 0.1) is 28.1 Å². The highest BCUT2D eigenvalue weighted by Crippen LogP contribution is 2.69. The van der Waals surface area contributed by atoms with Crippen LogP contribution >= 0.6 is 23.1 Å². The first-order valence-corrected chi connectivity index (χ1v) is 13.6. The van der Waals surface area contributed by atoms with Crippen LogP contribution in [-0.2, 0) is 15.8 Å². The van der Waals surface area contributed by atoms with Crippen molar-refractivity contribution in [2.24, 2.45) is 29.6 Å². The Morgan fingerprint density at radius 3 is 2.43 bits per heavy atom. The Morgan fingerprint density at radius 1 is 0.973 bits per heavy atom. The first-order chi connectivity index (χ1) is 17.6. The number of aromatic nitrogens is 1. The number of alkyl halides is 3. The topological polar surface area (TPSA) is 90.5 Å². The van der Waals surface area contributed by atoms with Crippen molar-refractivity contribution in [1.29, 1.82) is 0 Å². The number of rotatable bonds is 2. The van der Waals surface area contributed by atoms with Crippen molar-refractivity contribution in [3.05, 3.63) is 74.2 Å². The van der Waals surface area contributed by atoms with E-state index in [-0.39, 0.29) is 45.2 Å². The highest BCUT2D eigenvalue weighted by molar-refractivity contribution is 8.00. The van der Waals surface area contributed by atoms with E-state index in [2.05, 4.69) is 4.98 Å². The van der Waals surface area contributed by atoms with Gasteiger partial charge in [-0.15, -0.1) is 11.8 Å². The average Bonchev–Trinajstić information content (AvgIpc) is 3.58. The van der Waals surface area contributed by atoms with Crippen LogP contribution in [0.3, 0.4) is 0 Å². The summed E-state index contributed by atoms with van der Waals surface area (Å²) in [5.41, 5.74) is -0.303. The smallest absolute Gasteiger partial charge is 0.416 e. The van der Waals surface area contributed by atoms with E-state index in [9.17, 15) is 32.7 Å². The third-order valence-corrected chi connectivity index (χ3v) is 11.0. The fourth-order valence-electron chi connectivity index (χ4n) is 7.19. The van der Waals surface area contributed by atoms with Crippen molar-refractivity contribution in [3.8, 4) is 5.75 Å². The zero-order valence-electron chi connectivity index (χ0n) is 18.9. The van der Waals surface area contributed by atoms with E-state index in [4.69, 9.17) is 0 Å². The van der Waals surface area contributed by atoms with Gasteiger partial charge in [-0.3, -0.25) is 19.3 Å². The maximum absolute atomic E-state index is 13.7. The number of phenolic OH excluding ortho intramolecular Hbond substituents is 1. The summed E-state index contributed by atoms with van der Waals surface area (Å²) in [5, 5.41) is 11.4. The molecule has 3 heterocycles. The van der Waals surface area contributed by atoms with Crippen LogP contribution in [0.15, 0.2) is 58.4 Å². The Kier molecular flexibility index (Phi) is 4.83. The second-order valence-electron chi connectivity index (χ2n) is 10.1. The average molecular weight is 545 g/mol. The summed E-state index contributed by atoms with van der Waals surface area (Å²) in [6, 6.07) is 11.3. The number of hydrogen-bond donors (Lipinski definition) is 2. The molecule has 1 saturated heterocycles. The number of fused-ring (bicyclic) bond motifs is 9. The van der Waals surface area contributed by atoms with Gasteiger partial charge in [0.25, 0.3) is 0 Å². The molecule has 37 heavy (non-hydrogen) atoms. The number of carbonyl (C=O) groups excluding carboxylic acids is 2. The SMILES string of the molecule is O=C1[C@@H]2[C@H]3C[C@@H]([C@@H]2C(=O)N1c1cccc(C(F)(F)F)c1)[C@H]1[C@@H](c2ccccc2O)c2sc(=O)[nH]c2S[C@H]31. The molecule has 2 bridgehead atoms. The van der Waals surface area contributed by atoms with E-state index in [1.54, 1.807) is 12.1 Å². The molecule has 2 aliphatic carbocycles. The molecule has 190 valence electrons. The summed E-state index contributed by atoms with van der Waals surface area (Å²) in [6.07, 6.45) is -3.95. The third-order valence-electron chi connectivity index (χ3n) is 8.43. The van der Waals surface area contributed by atoms with Gasteiger partial charge >= 0.3 is 11.0 Å². The van der Waals surface area contributed by atoms with E-state index in [0.29, 0.717) is 12.0 Å². The Labute approximate surface area is 216 Å². The molecule has 0 radical (unpaired) electrons. The van der Waals surface area contributed by atoms with E-state index >= 15 is 0 Å². The molecule has 3 fully saturated rings. The van der Waals surface area contributed by atoms with Crippen molar-refractivity contribution in [2.45, 2.75) is 28.8 Å². The molecular weight excluding hydrogens is 525 g/mol. The third kappa shape index (κ3) is 3.16. The molecule has 1 aromatic heterocycles. The van der Waals surface area contributed by atoms with Crippen LogP contribution in [-0.4, -0.2) is 27.2 Å². The molecule has 2 N–H and O–H groups in total. The van der Waals surface area contributed by atoms with Crippen LogP contribution in [0.1, 0.15) is 28.3 Å². The van der Waals surface area contributed by atoms with Crippen molar-refractivity contribution >= 4 is 40.6 Å². The summed E-state index contributed by atoms with van der Waals surface area (Å²) < 4.78 is 40.0. The second-order valence-corrected chi connectivity index (χ2v) is 12.3. The molecule has 0 unspecified atom stereocenters. The number of carbonyl (C=O) groups is 2. The predicted octanol–water partition coefficient (Wildman–Crippen LogP) is 4.84. The number of hydrogen-bond acceptors (Lipinski definition) is 6. The van der Waals surface area contributed by atoms with E-state index in [1.807, 2.05) is 12.1 Å². The van der Waals surface area contributed by atoms with Crippen molar-refractivity contribution < 1.29 is 27.9 Å². The molecule has 2 amide bonds. The van der Waals surface area contributed by atoms with E-state index < -0.39 is 35.4 Å². The second kappa shape index (κ2) is 7.73. The number of para-hydroxylation sites is 1. The quantitative estimate of drug-likeness (QED) is 0.451. The monoisotopic (exact) mass is 544 g/mol. The number of imide groups is 1. The minimum absolute atomic E-state index is 0.0602. The van der Waals surface area contributed by atoms with Gasteiger partial charge < -0.3 is 10.1 Å². The fourth-order valence-corrected chi connectivity index (χ4v) is 10.1. The number of anilines is 1. The number of benzene rings is 2. The van der Waals surface area contributed by atoms with Crippen LogP contribution in [0.25, 0.3) is 0 Å². The van der Waals surface area contributed by atoms with Crippen LogP contribution < -0.4 is 9.77 Å². The van der Waals surface area contributed by atoms with E-state index in [0.717, 1.165) is 38.3 Å². The molecule has 2 saturated carbocycles. The molecule has 0 spiro atoms. The minimum Gasteiger partial charge on any atom is -0.508 e. The maximum atomic E-state index is 13.7. The van der Waals surface area contributed by atoms with Crippen LogP contribution in [0, 0.1) is 29.6 Å². The number of aromatic amines is 1. The van der Waals surface area contributed by atoms with Gasteiger partial charge in [-0.25, -0.2) is 0 Å². The summed E-state index contributed by atoms with van der Waals surface area (Å²) >= 11 is 2.61. The lowest BCUT2D eigenvalue weighted by Gasteiger charge is -2.43. The molecule has 4 aliphatic rings. The minimum atomic E-state index is -4.60. The van der Waals surface area contributed by atoms with E-state index in [1.165, 1.54) is 23.9 Å². The Balaban J connectivity index is 1.31. The van der Waals surface area contributed by atoms with Gasteiger partial charge in [-0.2, -0.15) is 13.2 Å². The predicted molar refractivity (Wildman–Crippen MR) is 131 cm³/mol. The first kappa shape index (κ1) is 23.1. The number of thioether (sulfide) groups is 1. The van der Waals surface area contributed by atoms with Gasteiger partial charge in [0, 0.05) is 21.6 Å². The number of amides is 2. The molecule has 7 rings (SSSR count). The van der Waals surface area contributed by atoms with Gasteiger partial charge in [-0.05, 0) is 48.4 Å². The maximum Gasteiger partial charge on any atom is 0.416 e. The van der Waals surface area contributed by atoms with Gasteiger partial charge in [0.1, 0.15) is 5.75 Å². The Morgan fingerprint density at radius 2 is 1.70 bits per heavy atom. The van der Waals surface area contributed by atoms with Crippen molar-refractivity contribution in [2.75, 3.05) is 4.90 Å². The van der Waals surface area contributed by atoms with Crippen LogP contribution in [0.4, 0.5) is 18.9 Å². The lowest BCUT2D eigenvalue weighted by molar-refractivity contribution is -0.137. The van der Waals surface area contributed by atoms with Gasteiger partial charge in [-0.1, -0.05) is 35.6 Å². The van der Waals surface area contributed by atoms with Gasteiger partial charge in [0.15, 0.2) is 0 Å². The number of thiazole rings is 1. The number of phenols is 1. The molecule has 3 aromatic rings. The Hall–Kier alpha value is -3.05. The largest absolute Gasteiger partial charge is 0.508 e. The number of halogens is 3. The normalized spacial score (nSPS) is 32.0. The summed E-state index contributed by atoms with van der Waals surface area (Å²) in [7, 11) is 0. The standard InChI is InChI=1S/C26H19F3N2O4S2/c27-26(28,29)10-4-3-5-11(8-10)31-23(33)18-13-9-14(19(18)24(31)34)20-17(13)16(12-6-1-2-7-15(12)32)21-22(36-20)30-25(35)37-21/h1-8,13-14,16-20,32H,9H2,(H,30,35)/t13-,14-,16-,17+,18+,19-,20-/m1/s1. The highest BCUT2D eigenvalue weighted by atomic mass is 32.2. The molecule has 11 heteroatoms. The zero-order valence-corrected chi connectivity index (χ0v) is 20.6. The summed E-state index contributed by atoms with van der Waals surface area (Å²) in [4.78, 5) is 44.1. The van der Waals surface area contributed by atoms with Gasteiger partial charge in [0.2, 0.25) is 11.8 Å². The van der Waals surface area contributed by atoms with Crippen molar-refractivity contribution in [1.82, 2.24) is 4.98 Å². The molecule has 2 aliphatic heterocycles. The molecular formula is C26H19F3N2O4S2. The zero-order chi connectivity index (χ0) is 25.8. The highest BCUT2D eigenvalue weighted by Gasteiger charge is 2.69. The van der Waals surface area contributed by atoms with Crippen LogP contribution in [0.2, 0.25) is 0 Å². The molecule has 6 nitrogen and oxygen atoms in total. The Bertz CT molecular complexity index is 1530. The molecule has 2 aromatic carbocycles. The molecule has 7 atom stereocenters.